The Hall–Kier alpha value is -1.59. The van der Waals surface area contributed by atoms with Crippen LogP contribution in [0.3, 0.4) is 0 Å². The Bertz CT molecular complexity index is 376. The average molecular weight is 267 g/mol. The molecule has 0 spiro atoms. The standard InChI is InChI=1S/C14H21NO4/c1-12(15-16)13-4-6-14(7-5-13)19-11-10-18-9-3-8-17-2/h4-7,16H,3,8-11H2,1-2H3/b15-12+. The predicted molar refractivity (Wildman–Crippen MR) is 73.2 cm³/mol. The van der Waals surface area contributed by atoms with E-state index in [9.17, 15) is 0 Å². The Morgan fingerprint density at radius 2 is 1.84 bits per heavy atom. The van der Waals surface area contributed by atoms with Crippen molar-refractivity contribution >= 4 is 5.71 Å². The lowest BCUT2D eigenvalue weighted by Gasteiger charge is -2.07. The molecule has 0 fully saturated rings. The van der Waals surface area contributed by atoms with Crippen molar-refractivity contribution in [3.8, 4) is 5.75 Å². The number of methoxy groups -OCH3 is 1. The normalized spacial score (nSPS) is 11.6. The van der Waals surface area contributed by atoms with Crippen LogP contribution in [0.2, 0.25) is 0 Å². The minimum atomic E-state index is 0.513. The van der Waals surface area contributed by atoms with Crippen molar-refractivity contribution in [1.82, 2.24) is 0 Å². The largest absolute Gasteiger partial charge is 0.491 e. The molecule has 0 aliphatic heterocycles. The Labute approximate surface area is 113 Å². The van der Waals surface area contributed by atoms with E-state index in [0.717, 1.165) is 17.7 Å². The van der Waals surface area contributed by atoms with Crippen molar-refractivity contribution < 1.29 is 19.4 Å². The molecule has 1 rings (SSSR count). The fourth-order valence-corrected chi connectivity index (χ4v) is 1.48. The van der Waals surface area contributed by atoms with Gasteiger partial charge >= 0.3 is 0 Å². The summed E-state index contributed by atoms with van der Waals surface area (Å²) in [5.41, 5.74) is 1.44. The van der Waals surface area contributed by atoms with Gasteiger partial charge in [0.1, 0.15) is 12.4 Å². The third-order valence-electron chi connectivity index (χ3n) is 2.56. The lowest BCUT2D eigenvalue weighted by molar-refractivity contribution is 0.0806. The van der Waals surface area contributed by atoms with Gasteiger partial charge in [-0.15, -0.1) is 0 Å². The van der Waals surface area contributed by atoms with Gasteiger partial charge in [-0.05, 0) is 43.2 Å². The molecule has 0 amide bonds. The fourth-order valence-electron chi connectivity index (χ4n) is 1.48. The maximum absolute atomic E-state index is 8.65. The van der Waals surface area contributed by atoms with Gasteiger partial charge in [-0.25, -0.2) is 0 Å². The van der Waals surface area contributed by atoms with Gasteiger partial charge < -0.3 is 19.4 Å². The zero-order valence-corrected chi connectivity index (χ0v) is 11.5. The molecule has 0 aliphatic rings. The van der Waals surface area contributed by atoms with E-state index in [0.29, 0.717) is 32.1 Å². The maximum Gasteiger partial charge on any atom is 0.119 e. The third kappa shape index (κ3) is 6.22. The van der Waals surface area contributed by atoms with Crippen LogP contribution >= 0.6 is 0 Å². The molecule has 0 unspecified atom stereocenters. The molecule has 1 aromatic carbocycles. The summed E-state index contributed by atoms with van der Waals surface area (Å²) in [7, 11) is 1.68. The highest BCUT2D eigenvalue weighted by Crippen LogP contribution is 2.12. The van der Waals surface area contributed by atoms with Crippen LogP contribution in [0.4, 0.5) is 0 Å². The van der Waals surface area contributed by atoms with Gasteiger partial charge in [-0.1, -0.05) is 5.16 Å². The molecule has 0 bridgehead atoms. The first-order valence-corrected chi connectivity index (χ1v) is 6.26. The summed E-state index contributed by atoms with van der Waals surface area (Å²) in [6, 6.07) is 7.39. The quantitative estimate of drug-likeness (QED) is 0.323. The second-order valence-corrected chi connectivity index (χ2v) is 4.02. The van der Waals surface area contributed by atoms with E-state index in [1.807, 2.05) is 24.3 Å². The third-order valence-corrected chi connectivity index (χ3v) is 2.56. The highest BCUT2D eigenvalue weighted by Gasteiger charge is 1.99. The van der Waals surface area contributed by atoms with E-state index in [1.54, 1.807) is 14.0 Å². The molecule has 0 atom stereocenters. The minimum absolute atomic E-state index is 0.513. The van der Waals surface area contributed by atoms with E-state index < -0.39 is 0 Å². The van der Waals surface area contributed by atoms with Crippen molar-refractivity contribution in [2.75, 3.05) is 33.5 Å². The van der Waals surface area contributed by atoms with Gasteiger partial charge in [0.2, 0.25) is 0 Å². The number of rotatable bonds is 9. The summed E-state index contributed by atoms with van der Waals surface area (Å²) in [4.78, 5) is 0. The van der Waals surface area contributed by atoms with Crippen LogP contribution in [0, 0.1) is 0 Å². The van der Waals surface area contributed by atoms with Crippen molar-refractivity contribution in [3.63, 3.8) is 0 Å². The van der Waals surface area contributed by atoms with Gasteiger partial charge in [-0.2, -0.15) is 0 Å². The second-order valence-electron chi connectivity index (χ2n) is 4.02. The number of oxime groups is 1. The fraction of sp³-hybridized carbons (Fsp3) is 0.500. The monoisotopic (exact) mass is 267 g/mol. The van der Waals surface area contributed by atoms with E-state index in [1.165, 1.54) is 0 Å². The first-order valence-electron chi connectivity index (χ1n) is 6.26. The first-order chi connectivity index (χ1) is 9.27. The molecular weight excluding hydrogens is 246 g/mol. The first kappa shape index (κ1) is 15.5. The van der Waals surface area contributed by atoms with Crippen LogP contribution in [0.15, 0.2) is 29.4 Å². The van der Waals surface area contributed by atoms with E-state index in [4.69, 9.17) is 19.4 Å². The molecule has 0 saturated carbocycles. The number of hydrogen-bond donors (Lipinski definition) is 1. The summed E-state index contributed by atoms with van der Waals surface area (Å²) >= 11 is 0. The lowest BCUT2D eigenvalue weighted by atomic mass is 10.1. The Morgan fingerprint density at radius 1 is 1.11 bits per heavy atom. The molecule has 1 aromatic rings. The molecule has 0 radical (unpaired) electrons. The smallest absolute Gasteiger partial charge is 0.119 e. The predicted octanol–water partition coefficient (Wildman–Crippen LogP) is 2.32. The van der Waals surface area contributed by atoms with Crippen LogP contribution in [-0.4, -0.2) is 44.5 Å². The van der Waals surface area contributed by atoms with Gasteiger partial charge in [0.25, 0.3) is 0 Å². The SMILES string of the molecule is COCCCOCCOc1ccc(/C(C)=N/O)cc1. The molecule has 5 nitrogen and oxygen atoms in total. The highest BCUT2D eigenvalue weighted by atomic mass is 16.5. The molecule has 0 saturated heterocycles. The van der Waals surface area contributed by atoms with Crippen LogP contribution in [0.25, 0.3) is 0 Å². The summed E-state index contributed by atoms with van der Waals surface area (Å²) in [6.07, 6.45) is 0.894. The summed E-state index contributed by atoms with van der Waals surface area (Å²) in [6.45, 7) is 4.21. The molecule has 19 heavy (non-hydrogen) atoms. The van der Waals surface area contributed by atoms with E-state index >= 15 is 0 Å². The minimum Gasteiger partial charge on any atom is -0.491 e. The van der Waals surface area contributed by atoms with Gasteiger partial charge in [0.15, 0.2) is 0 Å². The van der Waals surface area contributed by atoms with E-state index in [2.05, 4.69) is 5.16 Å². The molecule has 0 heterocycles. The molecule has 0 aromatic heterocycles. The number of nitrogens with zero attached hydrogens (tertiary/aromatic N) is 1. The number of hydrogen-bond acceptors (Lipinski definition) is 5. The Balaban J connectivity index is 2.19. The Morgan fingerprint density at radius 3 is 2.47 bits per heavy atom. The molecule has 106 valence electrons. The van der Waals surface area contributed by atoms with Crippen molar-refractivity contribution in [2.24, 2.45) is 5.16 Å². The van der Waals surface area contributed by atoms with Crippen molar-refractivity contribution in [1.29, 1.82) is 0 Å². The second kappa shape index (κ2) is 9.35. The van der Waals surface area contributed by atoms with Gasteiger partial charge in [-0.3, -0.25) is 0 Å². The number of ether oxygens (including phenoxy) is 3. The van der Waals surface area contributed by atoms with Gasteiger partial charge in [0.05, 0.1) is 12.3 Å². The molecular formula is C14H21NO4. The summed E-state index contributed by atoms with van der Waals surface area (Å²) in [5, 5.41) is 11.8. The highest BCUT2D eigenvalue weighted by molar-refractivity contribution is 5.98. The van der Waals surface area contributed by atoms with Crippen molar-refractivity contribution in [2.45, 2.75) is 13.3 Å². The average Bonchev–Trinajstić information content (AvgIpc) is 2.46. The molecule has 0 aliphatic carbocycles. The Kier molecular flexibility index (Phi) is 7.62. The maximum atomic E-state index is 8.65. The topological polar surface area (TPSA) is 60.3 Å². The van der Waals surface area contributed by atoms with Crippen LogP contribution in [0.1, 0.15) is 18.9 Å². The zero-order valence-electron chi connectivity index (χ0n) is 11.5. The van der Waals surface area contributed by atoms with Gasteiger partial charge in [0, 0.05) is 20.3 Å². The van der Waals surface area contributed by atoms with Crippen LogP contribution in [-0.2, 0) is 9.47 Å². The van der Waals surface area contributed by atoms with Crippen LogP contribution in [0.5, 0.6) is 5.75 Å². The summed E-state index contributed by atoms with van der Waals surface area (Å²) < 4.78 is 15.8. The lowest BCUT2D eigenvalue weighted by Crippen LogP contribution is -2.08. The zero-order chi connectivity index (χ0) is 13.9. The molecule has 5 heteroatoms. The van der Waals surface area contributed by atoms with Crippen molar-refractivity contribution in [3.05, 3.63) is 29.8 Å². The molecule has 1 N–H and O–H groups in total. The summed E-state index contributed by atoms with van der Waals surface area (Å²) in [5.74, 6) is 0.773. The van der Waals surface area contributed by atoms with Crippen LogP contribution < -0.4 is 4.74 Å². The van der Waals surface area contributed by atoms with E-state index in [-0.39, 0.29) is 0 Å². The number of benzene rings is 1.